The summed E-state index contributed by atoms with van der Waals surface area (Å²) in [6.07, 6.45) is 4.57. The van der Waals surface area contributed by atoms with E-state index in [1.54, 1.807) is 17.0 Å². The highest BCUT2D eigenvalue weighted by Gasteiger charge is 2.28. The van der Waals surface area contributed by atoms with Crippen molar-refractivity contribution in [3.8, 4) is 0 Å². The minimum absolute atomic E-state index is 0.0648. The summed E-state index contributed by atoms with van der Waals surface area (Å²) in [4.78, 5) is 39.4. The maximum atomic E-state index is 13.7. The summed E-state index contributed by atoms with van der Waals surface area (Å²) < 4.78 is 5.56. The van der Waals surface area contributed by atoms with Gasteiger partial charge >= 0.3 is 0 Å². The van der Waals surface area contributed by atoms with Crippen LogP contribution in [0, 0.1) is 5.92 Å². The van der Waals surface area contributed by atoms with Gasteiger partial charge in [0.05, 0.1) is 6.04 Å². The second-order valence-electron chi connectivity index (χ2n) is 11.1. The first-order valence-corrected chi connectivity index (χ1v) is 14.7. The Morgan fingerprint density at radius 2 is 1.88 bits per heavy atom. The van der Waals surface area contributed by atoms with Crippen LogP contribution in [-0.2, 0) is 20.7 Å². The second kappa shape index (κ2) is 16.0. The summed E-state index contributed by atoms with van der Waals surface area (Å²) in [5.41, 5.74) is 2.97. The molecule has 2 amide bonds. The molecule has 0 spiro atoms. The van der Waals surface area contributed by atoms with Gasteiger partial charge in [0, 0.05) is 49.0 Å². The maximum absolute atomic E-state index is 13.7. The first kappa shape index (κ1) is 31.1. The molecule has 1 saturated heterocycles. The van der Waals surface area contributed by atoms with Crippen LogP contribution >= 0.6 is 0 Å². The number of carbonyl (C=O) groups is 3. The van der Waals surface area contributed by atoms with Crippen molar-refractivity contribution >= 4 is 29.7 Å². The zero-order chi connectivity index (χ0) is 28.9. The summed E-state index contributed by atoms with van der Waals surface area (Å²) in [5, 5.41) is 9.94. The Labute approximate surface area is 239 Å². The van der Waals surface area contributed by atoms with Crippen LogP contribution in [0.3, 0.4) is 0 Å². The summed E-state index contributed by atoms with van der Waals surface area (Å²) in [6.45, 7) is 10.8. The molecule has 218 valence electrons. The van der Waals surface area contributed by atoms with Crippen LogP contribution in [0.15, 0.2) is 48.5 Å². The highest BCUT2D eigenvalue weighted by Crippen LogP contribution is 2.27. The molecule has 0 saturated carbocycles. The molecule has 8 nitrogen and oxygen atoms in total. The van der Waals surface area contributed by atoms with Gasteiger partial charge < -0.3 is 25.6 Å². The molecule has 40 heavy (non-hydrogen) atoms. The predicted molar refractivity (Wildman–Crippen MR) is 161 cm³/mol. The quantitative estimate of drug-likeness (QED) is 0.242. The molecule has 2 aromatic carbocycles. The molecule has 0 radical (unpaired) electrons. The van der Waals surface area contributed by atoms with Crippen molar-refractivity contribution in [2.45, 2.75) is 84.4 Å². The van der Waals surface area contributed by atoms with Crippen molar-refractivity contribution in [1.82, 2.24) is 10.6 Å². The number of rotatable bonds is 17. The number of hydrogen-bond acceptors (Lipinski definition) is 6. The van der Waals surface area contributed by atoms with E-state index in [2.05, 4.69) is 36.7 Å². The molecule has 8 heteroatoms. The van der Waals surface area contributed by atoms with Gasteiger partial charge in [0.15, 0.2) is 0 Å². The SMILES string of the molecule is CCNc1cc(C(=O)N[C@@H](Cc2ccccc2)[C@@H](CNC(C)CCCC(C)C)OC=O)cc(N2CCCC2=O)c1. The lowest BCUT2D eigenvalue weighted by atomic mass is 9.99. The summed E-state index contributed by atoms with van der Waals surface area (Å²) in [5.74, 6) is 0.451. The van der Waals surface area contributed by atoms with Gasteiger partial charge in [0.1, 0.15) is 6.10 Å². The molecule has 1 unspecified atom stereocenters. The molecule has 3 atom stereocenters. The zero-order valence-electron chi connectivity index (χ0n) is 24.4. The van der Waals surface area contributed by atoms with Crippen LogP contribution < -0.4 is 20.9 Å². The lowest BCUT2D eigenvalue weighted by Gasteiger charge is -2.29. The van der Waals surface area contributed by atoms with Crippen LogP contribution in [0.4, 0.5) is 11.4 Å². The van der Waals surface area contributed by atoms with Crippen molar-refractivity contribution in [2.75, 3.05) is 29.9 Å². The number of anilines is 2. The van der Waals surface area contributed by atoms with E-state index in [0.717, 1.165) is 30.5 Å². The first-order chi connectivity index (χ1) is 19.3. The van der Waals surface area contributed by atoms with Crippen LogP contribution in [0.25, 0.3) is 0 Å². The fraction of sp³-hybridized carbons (Fsp3) is 0.531. The van der Waals surface area contributed by atoms with E-state index in [9.17, 15) is 14.4 Å². The third-order valence-corrected chi connectivity index (χ3v) is 7.33. The van der Waals surface area contributed by atoms with E-state index < -0.39 is 12.1 Å². The standard InChI is InChI=1S/C32H46N4O4/c1-5-33-27-18-26(19-28(20-27)36-16-10-15-31(36)38)32(39)35-29(17-25-13-7-6-8-14-25)30(40-22-37)21-34-24(4)12-9-11-23(2)3/h6-8,13-14,18-20,22-24,29-30,33-34H,5,9-12,15-17,21H2,1-4H3,(H,35,39)/t24?,29-,30+/m0/s1. The average molecular weight is 551 g/mol. The third-order valence-electron chi connectivity index (χ3n) is 7.33. The molecular formula is C32H46N4O4. The van der Waals surface area contributed by atoms with Gasteiger partial charge in [-0.3, -0.25) is 14.4 Å². The number of nitrogens with one attached hydrogen (secondary N) is 3. The Morgan fingerprint density at radius 3 is 2.52 bits per heavy atom. The maximum Gasteiger partial charge on any atom is 0.293 e. The smallest absolute Gasteiger partial charge is 0.293 e. The number of benzene rings is 2. The van der Waals surface area contributed by atoms with Gasteiger partial charge in [-0.05, 0) is 62.8 Å². The lowest BCUT2D eigenvalue weighted by Crippen LogP contribution is -2.51. The van der Waals surface area contributed by atoms with E-state index in [1.807, 2.05) is 43.3 Å². The van der Waals surface area contributed by atoms with Gasteiger partial charge in [-0.1, -0.05) is 57.0 Å². The molecule has 1 aliphatic heterocycles. The van der Waals surface area contributed by atoms with Gasteiger partial charge in [0.25, 0.3) is 12.4 Å². The Kier molecular flexibility index (Phi) is 12.5. The van der Waals surface area contributed by atoms with Crippen molar-refractivity contribution < 1.29 is 19.1 Å². The van der Waals surface area contributed by atoms with E-state index in [0.29, 0.717) is 56.1 Å². The number of carbonyl (C=O) groups excluding carboxylic acids is 3. The predicted octanol–water partition coefficient (Wildman–Crippen LogP) is 4.93. The molecule has 3 N–H and O–H groups in total. The highest BCUT2D eigenvalue weighted by atomic mass is 16.5. The summed E-state index contributed by atoms with van der Waals surface area (Å²) in [6, 6.07) is 15.1. The Hall–Kier alpha value is -3.39. The van der Waals surface area contributed by atoms with Crippen molar-refractivity contribution in [1.29, 1.82) is 0 Å². The number of hydrogen-bond donors (Lipinski definition) is 3. The van der Waals surface area contributed by atoms with E-state index >= 15 is 0 Å². The van der Waals surface area contributed by atoms with Gasteiger partial charge in [-0.2, -0.15) is 0 Å². The summed E-state index contributed by atoms with van der Waals surface area (Å²) in [7, 11) is 0. The molecule has 1 aliphatic rings. The Balaban J connectivity index is 1.81. The third kappa shape index (κ3) is 9.66. The largest absolute Gasteiger partial charge is 0.461 e. The van der Waals surface area contributed by atoms with Crippen LogP contribution in [0.2, 0.25) is 0 Å². The van der Waals surface area contributed by atoms with E-state index in [4.69, 9.17) is 4.74 Å². The minimum Gasteiger partial charge on any atom is -0.461 e. The average Bonchev–Trinajstić information content (AvgIpc) is 3.37. The molecule has 1 heterocycles. The van der Waals surface area contributed by atoms with E-state index in [1.165, 1.54) is 6.42 Å². The van der Waals surface area contributed by atoms with Crippen molar-refractivity contribution in [3.63, 3.8) is 0 Å². The molecular weight excluding hydrogens is 504 g/mol. The number of amides is 2. The second-order valence-corrected chi connectivity index (χ2v) is 11.1. The minimum atomic E-state index is -0.564. The first-order valence-electron chi connectivity index (χ1n) is 14.7. The van der Waals surface area contributed by atoms with Gasteiger partial charge in [0.2, 0.25) is 5.91 Å². The molecule has 0 aliphatic carbocycles. The molecule has 1 fully saturated rings. The normalized spacial score (nSPS) is 15.5. The topological polar surface area (TPSA) is 99.8 Å². The zero-order valence-corrected chi connectivity index (χ0v) is 24.4. The van der Waals surface area contributed by atoms with Crippen LogP contribution in [-0.4, -0.2) is 56.1 Å². The highest BCUT2D eigenvalue weighted by molar-refractivity contribution is 6.00. The lowest BCUT2D eigenvalue weighted by molar-refractivity contribution is -0.134. The fourth-order valence-electron chi connectivity index (χ4n) is 5.13. The van der Waals surface area contributed by atoms with Crippen molar-refractivity contribution in [2.24, 2.45) is 5.92 Å². The fourth-order valence-corrected chi connectivity index (χ4v) is 5.13. The number of ether oxygens (including phenoxy) is 1. The molecule has 0 bridgehead atoms. The molecule has 2 aromatic rings. The Morgan fingerprint density at radius 1 is 1.10 bits per heavy atom. The Bertz CT molecular complexity index is 1090. The monoisotopic (exact) mass is 550 g/mol. The van der Waals surface area contributed by atoms with Crippen LogP contribution in [0.1, 0.15) is 75.7 Å². The number of nitrogens with zero attached hydrogens (tertiary/aromatic N) is 1. The van der Waals surface area contributed by atoms with Crippen LogP contribution in [0.5, 0.6) is 0 Å². The van der Waals surface area contributed by atoms with Gasteiger partial charge in [-0.15, -0.1) is 0 Å². The van der Waals surface area contributed by atoms with Crippen molar-refractivity contribution in [3.05, 3.63) is 59.7 Å². The molecule has 3 rings (SSSR count). The van der Waals surface area contributed by atoms with Gasteiger partial charge in [-0.25, -0.2) is 0 Å². The molecule has 0 aromatic heterocycles. The summed E-state index contributed by atoms with van der Waals surface area (Å²) >= 11 is 0. The van der Waals surface area contributed by atoms with E-state index in [-0.39, 0.29) is 17.9 Å².